The number of hydrogen-bond donors (Lipinski definition) is 0. The average molecular weight is 407 g/mol. The molecule has 3 heterocycles. The van der Waals surface area contributed by atoms with Gasteiger partial charge in [-0.15, -0.1) is 0 Å². The smallest absolute Gasteiger partial charge is 0.266 e. The van der Waals surface area contributed by atoms with Crippen LogP contribution in [0.3, 0.4) is 0 Å². The fraction of sp³-hybridized carbons (Fsp3) is 0.455. The normalized spacial score (nSPS) is 18.9. The van der Waals surface area contributed by atoms with Crippen molar-refractivity contribution in [3.63, 3.8) is 0 Å². The first kappa shape index (κ1) is 18.8. The van der Waals surface area contributed by atoms with Crippen LogP contribution in [-0.2, 0) is 13.6 Å². The van der Waals surface area contributed by atoms with Gasteiger partial charge in [0.05, 0.1) is 36.3 Å². The summed E-state index contributed by atoms with van der Waals surface area (Å²) in [5.41, 5.74) is 2.20. The number of aromatic nitrogens is 4. The number of aryl methyl sites for hydroxylation is 1. The van der Waals surface area contributed by atoms with Crippen LogP contribution in [-0.4, -0.2) is 50.1 Å². The molecule has 8 heteroatoms. The van der Waals surface area contributed by atoms with Gasteiger partial charge in [0.15, 0.2) is 0 Å². The lowest BCUT2D eigenvalue weighted by Gasteiger charge is -2.25. The van der Waals surface area contributed by atoms with Gasteiger partial charge in [0.2, 0.25) is 5.88 Å². The van der Waals surface area contributed by atoms with Crippen molar-refractivity contribution in [2.75, 3.05) is 13.7 Å². The minimum Gasteiger partial charge on any atom is -0.481 e. The van der Waals surface area contributed by atoms with Gasteiger partial charge in [0, 0.05) is 31.1 Å². The van der Waals surface area contributed by atoms with Crippen molar-refractivity contribution in [3.05, 3.63) is 51.9 Å². The number of rotatable bonds is 5. The molecule has 1 amide bonds. The number of benzene rings is 1. The first-order valence-corrected chi connectivity index (χ1v) is 10.4. The summed E-state index contributed by atoms with van der Waals surface area (Å²) in [6.45, 7) is 1.12. The van der Waals surface area contributed by atoms with Crippen LogP contribution in [0.5, 0.6) is 5.88 Å². The van der Waals surface area contributed by atoms with Gasteiger partial charge >= 0.3 is 0 Å². The third-order valence-electron chi connectivity index (χ3n) is 6.12. The topological polar surface area (TPSA) is 82.2 Å². The summed E-state index contributed by atoms with van der Waals surface area (Å²) < 4.78 is 8.60. The number of carbonyl (C=O) groups is 1. The highest BCUT2D eigenvalue weighted by molar-refractivity contribution is 5.99. The van der Waals surface area contributed by atoms with E-state index in [0.717, 1.165) is 42.3 Å². The molecular formula is C22H25N5O3. The highest BCUT2D eigenvalue weighted by Gasteiger charge is 2.31. The first-order valence-electron chi connectivity index (χ1n) is 10.4. The Morgan fingerprint density at radius 1 is 1.17 bits per heavy atom. The van der Waals surface area contributed by atoms with Crippen LogP contribution in [0.1, 0.15) is 47.7 Å². The second-order valence-electron chi connectivity index (χ2n) is 8.21. The molecule has 1 saturated heterocycles. The Morgan fingerprint density at radius 3 is 2.77 bits per heavy atom. The quantitative estimate of drug-likeness (QED) is 0.648. The molecule has 0 N–H and O–H groups in total. The molecule has 5 rings (SSSR count). The van der Waals surface area contributed by atoms with Crippen LogP contribution in [0, 0.1) is 0 Å². The summed E-state index contributed by atoms with van der Waals surface area (Å²) in [4.78, 5) is 27.5. The van der Waals surface area contributed by atoms with E-state index < -0.39 is 0 Å². The number of fused-ring (bicyclic) bond motifs is 1. The lowest BCUT2D eigenvalue weighted by molar-refractivity contribution is 0.0720. The van der Waals surface area contributed by atoms with E-state index in [2.05, 4.69) is 10.2 Å². The summed E-state index contributed by atoms with van der Waals surface area (Å²) in [5.74, 6) is 1.12. The molecule has 2 aromatic heterocycles. The third kappa shape index (κ3) is 3.26. The Bertz CT molecular complexity index is 1180. The molecule has 0 spiro atoms. The number of amides is 1. The Hall–Kier alpha value is -3.16. The van der Waals surface area contributed by atoms with Crippen LogP contribution in [0.25, 0.3) is 10.9 Å². The maximum absolute atomic E-state index is 13.3. The van der Waals surface area contributed by atoms with Crippen molar-refractivity contribution in [2.45, 2.75) is 44.2 Å². The van der Waals surface area contributed by atoms with Crippen LogP contribution >= 0.6 is 0 Å². The van der Waals surface area contributed by atoms with Gasteiger partial charge in [-0.05, 0) is 49.9 Å². The van der Waals surface area contributed by atoms with Crippen molar-refractivity contribution in [1.29, 1.82) is 0 Å². The standard InChI is InChI=1S/C22H25N5O3/c1-25-22(30-2)17-8-7-15(12-19(17)23-25)21(29)26-11-3-4-16(26)13-27-20(28)10-9-18(24-27)14-5-6-14/h7-10,12,14,16H,3-6,11,13H2,1-2H3. The fourth-order valence-corrected chi connectivity index (χ4v) is 4.40. The van der Waals surface area contributed by atoms with Gasteiger partial charge in [-0.2, -0.15) is 10.2 Å². The predicted molar refractivity (Wildman–Crippen MR) is 112 cm³/mol. The van der Waals surface area contributed by atoms with E-state index in [1.807, 2.05) is 36.2 Å². The largest absolute Gasteiger partial charge is 0.481 e. The zero-order chi connectivity index (χ0) is 20.8. The highest BCUT2D eigenvalue weighted by atomic mass is 16.5. The second-order valence-corrected chi connectivity index (χ2v) is 8.21. The Kier molecular flexibility index (Phi) is 4.56. The van der Waals surface area contributed by atoms with Crippen molar-refractivity contribution >= 4 is 16.8 Å². The Morgan fingerprint density at radius 2 is 2.00 bits per heavy atom. The SMILES string of the molecule is COc1c2ccc(C(=O)N3CCCC3Cn3nc(C4CC4)ccc3=O)cc2nn1C. The molecule has 30 heavy (non-hydrogen) atoms. The molecule has 1 atom stereocenters. The van der Waals surface area contributed by atoms with Gasteiger partial charge in [-0.25, -0.2) is 9.36 Å². The zero-order valence-electron chi connectivity index (χ0n) is 17.2. The number of methoxy groups -OCH3 is 1. The van der Waals surface area contributed by atoms with Gasteiger partial charge in [-0.3, -0.25) is 9.59 Å². The minimum atomic E-state index is -0.110. The Balaban J connectivity index is 1.39. The van der Waals surface area contributed by atoms with Crippen molar-refractivity contribution in [1.82, 2.24) is 24.5 Å². The molecule has 1 aromatic carbocycles. The van der Waals surface area contributed by atoms with E-state index in [0.29, 0.717) is 30.5 Å². The van der Waals surface area contributed by atoms with Crippen LogP contribution in [0.15, 0.2) is 35.1 Å². The van der Waals surface area contributed by atoms with Crippen LogP contribution < -0.4 is 10.3 Å². The number of likely N-dealkylation sites (tertiary alicyclic amines) is 1. The van der Waals surface area contributed by atoms with Crippen LogP contribution in [0.2, 0.25) is 0 Å². The number of nitrogens with zero attached hydrogens (tertiary/aromatic N) is 5. The van der Waals surface area contributed by atoms with Gasteiger partial charge in [0.1, 0.15) is 0 Å². The molecule has 2 fully saturated rings. The Labute approximate surface area is 174 Å². The maximum Gasteiger partial charge on any atom is 0.266 e. The van der Waals surface area contributed by atoms with Crippen molar-refractivity contribution < 1.29 is 9.53 Å². The minimum absolute atomic E-state index is 0.0320. The van der Waals surface area contributed by atoms with Gasteiger partial charge in [-0.1, -0.05) is 0 Å². The molecular weight excluding hydrogens is 382 g/mol. The number of carbonyl (C=O) groups excluding carboxylic acids is 1. The molecule has 3 aromatic rings. The van der Waals surface area contributed by atoms with E-state index in [4.69, 9.17) is 4.74 Å². The van der Waals surface area contributed by atoms with Crippen molar-refractivity contribution in [3.8, 4) is 5.88 Å². The van der Waals surface area contributed by atoms with E-state index in [1.165, 1.54) is 4.68 Å². The maximum atomic E-state index is 13.3. The molecule has 0 bridgehead atoms. The predicted octanol–water partition coefficient (Wildman–Crippen LogP) is 2.32. The van der Waals surface area contributed by atoms with Gasteiger partial charge < -0.3 is 9.64 Å². The molecule has 1 saturated carbocycles. The highest BCUT2D eigenvalue weighted by Crippen LogP contribution is 2.38. The van der Waals surface area contributed by atoms with E-state index >= 15 is 0 Å². The summed E-state index contributed by atoms with van der Waals surface area (Å²) in [5, 5.41) is 9.89. The van der Waals surface area contributed by atoms with Crippen molar-refractivity contribution in [2.24, 2.45) is 7.05 Å². The molecule has 1 aliphatic carbocycles. The van der Waals surface area contributed by atoms with E-state index in [1.54, 1.807) is 17.9 Å². The molecule has 1 unspecified atom stereocenters. The average Bonchev–Trinajstić information content (AvgIpc) is 3.40. The second kappa shape index (κ2) is 7.27. The summed E-state index contributed by atoms with van der Waals surface area (Å²) in [7, 11) is 3.43. The fourth-order valence-electron chi connectivity index (χ4n) is 4.40. The van der Waals surface area contributed by atoms with E-state index in [-0.39, 0.29) is 17.5 Å². The summed E-state index contributed by atoms with van der Waals surface area (Å²) >= 11 is 0. The zero-order valence-corrected chi connectivity index (χ0v) is 17.2. The molecule has 8 nitrogen and oxygen atoms in total. The first-order chi connectivity index (χ1) is 14.5. The lowest BCUT2D eigenvalue weighted by atomic mass is 10.1. The molecule has 2 aliphatic rings. The molecule has 1 aliphatic heterocycles. The molecule has 156 valence electrons. The number of ether oxygens (including phenoxy) is 1. The number of hydrogen-bond acceptors (Lipinski definition) is 5. The van der Waals surface area contributed by atoms with Gasteiger partial charge in [0.25, 0.3) is 11.5 Å². The third-order valence-corrected chi connectivity index (χ3v) is 6.12. The lowest BCUT2D eigenvalue weighted by Crippen LogP contribution is -2.40. The summed E-state index contributed by atoms with van der Waals surface area (Å²) in [6.07, 6.45) is 4.07. The summed E-state index contributed by atoms with van der Waals surface area (Å²) in [6, 6.07) is 8.92. The van der Waals surface area contributed by atoms with E-state index in [9.17, 15) is 9.59 Å². The monoisotopic (exact) mass is 407 g/mol. The van der Waals surface area contributed by atoms with Crippen LogP contribution in [0.4, 0.5) is 0 Å². The molecule has 0 radical (unpaired) electrons.